The number of amides is 2. The molecule has 3 N–H and O–H groups in total. The maximum Gasteiger partial charge on any atom is 0.255 e. The van der Waals surface area contributed by atoms with Crippen LogP contribution in [0.25, 0.3) is 0 Å². The number of carbonyl (C=O) groups is 2. The van der Waals surface area contributed by atoms with E-state index >= 15 is 0 Å². The van der Waals surface area contributed by atoms with Crippen molar-refractivity contribution in [1.82, 2.24) is 10.2 Å². The highest BCUT2D eigenvalue weighted by molar-refractivity contribution is 6.35. The fraction of sp³-hybridized carbons (Fsp3) is 0.481. The van der Waals surface area contributed by atoms with Crippen molar-refractivity contribution in [3.05, 3.63) is 69.2 Å². The van der Waals surface area contributed by atoms with Crippen molar-refractivity contribution in [2.24, 2.45) is 11.7 Å². The lowest BCUT2D eigenvalue weighted by Gasteiger charge is -2.48. The van der Waals surface area contributed by atoms with Crippen LogP contribution in [-0.2, 0) is 4.79 Å². The van der Waals surface area contributed by atoms with Crippen LogP contribution in [-0.4, -0.2) is 35.3 Å². The van der Waals surface area contributed by atoms with Crippen LogP contribution >= 0.6 is 23.2 Å². The van der Waals surface area contributed by atoms with Crippen LogP contribution in [0.5, 0.6) is 0 Å². The van der Waals surface area contributed by atoms with E-state index in [-0.39, 0.29) is 23.9 Å². The summed E-state index contributed by atoms with van der Waals surface area (Å²) >= 11 is 12.9. The number of fused-ring (bicyclic) bond motifs is 1. The van der Waals surface area contributed by atoms with E-state index in [1.807, 2.05) is 35.2 Å². The second kappa shape index (κ2) is 10.7. The predicted octanol–water partition coefficient (Wildman–Crippen LogP) is 5.71. The lowest BCUT2D eigenvalue weighted by atomic mass is 9.76. The van der Waals surface area contributed by atoms with Gasteiger partial charge in [0.05, 0.1) is 12.0 Å². The van der Waals surface area contributed by atoms with Crippen LogP contribution in [0, 0.1) is 5.92 Å². The van der Waals surface area contributed by atoms with Crippen molar-refractivity contribution < 1.29 is 9.59 Å². The Labute approximate surface area is 212 Å². The molecule has 1 aliphatic carbocycles. The van der Waals surface area contributed by atoms with Gasteiger partial charge in [0.2, 0.25) is 5.91 Å². The van der Waals surface area contributed by atoms with Crippen molar-refractivity contribution in [2.75, 3.05) is 6.54 Å². The lowest BCUT2D eigenvalue weighted by molar-refractivity contribution is -0.124. The number of hydrogen-bond acceptors (Lipinski definition) is 3. The van der Waals surface area contributed by atoms with E-state index in [2.05, 4.69) is 19.2 Å². The molecule has 1 saturated carbocycles. The smallest absolute Gasteiger partial charge is 0.255 e. The first kappa shape index (κ1) is 25.0. The number of benzene rings is 2. The maximum atomic E-state index is 14.0. The van der Waals surface area contributed by atoms with Crippen LogP contribution in [0.1, 0.15) is 79.4 Å². The second-order valence-corrected chi connectivity index (χ2v) is 10.7. The van der Waals surface area contributed by atoms with Gasteiger partial charge in [0, 0.05) is 34.2 Å². The quantitative estimate of drug-likeness (QED) is 0.532. The molecule has 2 aromatic rings. The molecule has 4 rings (SSSR count). The van der Waals surface area contributed by atoms with Gasteiger partial charge in [-0.3, -0.25) is 9.59 Å². The van der Waals surface area contributed by atoms with Crippen LogP contribution in [0.15, 0.2) is 42.5 Å². The number of carbonyl (C=O) groups excluding carboxylic acids is 2. The first-order valence-electron chi connectivity index (χ1n) is 12.2. The Morgan fingerprint density at radius 2 is 1.85 bits per heavy atom. The molecular weight excluding hydrogens is 469 g/mol. The van der Waals surface area contributed by atoms with Crippen molar-refractivity contribution in [1.29, 1.82) is 0 Å². The van der Waals surface area contributed by atoms with Gasteiger partial charge in [0.25, 0.3) is 5.91 Å². The fourth-order valence-corrected chi connectivity index (χ4v) is 5.87. The van der Waals surface area contributed by atoms with E-state index in [0.29, 0.717) is 28.1 Å². The van der Waals surface area contributed by atoms with Gasteiger partial charge in [-0.2, -0.15) is 0 Å². The lowest BCUT2D eigenvalue weighted by Crippen LogP contribution is -2.57. The van der Waals surface area contributed by atoms with Gasteiger partial charge in [0.15, 0.2) is 0 Å². The normalized spacial score (nSPS) is 24.8. The molecule has 0 unspecified atom stereocenters. The molecule has 1 fully saturated rings. The molecule has 2 amide bonds. The molecule has 1 aliphatic heterocycles. The summed E-state index contributed by atoms with van der Waals surface area (Å²) < 4.78 is 0. The van der Waals surface area contributed by atoms with E-state index in [1.54, 1.807) is 12.1 Å². The molecule has 4 atom stereocenters. The van der Waals surface area contributed by atoms with E-state index in [0.717, 1.165) is 43.2 Å². The number of nitrogens with two attached hydrogens (primary N) is 1. The minimum Gasteiger partial charge on any atom is -0.355 e. The summed E-state index contributed by atoms with van der Waals surface area (Å²) in [7, 11) is 0. The molecular formula is C27H33Cl2N3O2. The molecule has 1 heterocycles. The molecule has 2 aromatic carbocycles. The number of nitrogens with one attached hydrogen (secondary N) is 1. The molecule has 0 aromatic heterocycles. The summed E-state index contributed by atoms with van der Waals surface area (Å²) in [6.45, 7) is 4.83. The van der Waals surface area contributed by atoms with E-state index < -0.39 is 12.0 Å². The SMILES string of the molecule is CC(C)CCNC(=O)[C@@H]1c2ccccc2C(=O)N([C@H]2CCCC[C@@H]2N)[C@H]1c1ccc(Cl)cc1Cl. The predicted molar refractivity (Wildman–Crippen MR) is 137 cm³/mol. The van der Waals surface area contributed by atoms with Gasteiger partial charge in [-0.15, -0.1) is 0 Å². The fourth-order valence-electron chi connectivity index (χ4n) is 5.35. The molecule has 0 spiro atoms. The number of nitrogens with zero attached hydrogens (tertiary/aromatic N) is 1. The highest BCUT2D eigenvalue weighted by atomic mass is 35.5. The van der Waals surface area contributed by atoms with Gasteiger partial charge in [0.1, 0.15) is 0 Å². The molecule has 34 heavy (non-hydrogen) atoms. The van der Waals surface area contributed by atoms with Crippen molar-refractivity contribution >= 4 is 35.0 Å². The average molecular weight is 502 g/mol. The number of halogens is 2. The third kappa shape index (κ3) is 4.98. The standard InChI is InChI=1S/C27H33Cl2N3O2/c1-16(2)13-14-31-26(33)24-18-7-3-4-8-19(18)27(34)32(23-10-6-5-9-22(23)30)25(24)20-12-11-17(28)15-21(20)29/h3-4,7-8,11-12,15-16,22-25H,5-6,9-10,13-14,30H2,1-2H3,(H,31,33)/t22-,23-,24+,25-/m0/s1. The van der Waals surface area contributed by atoms with Crippen LogP contribution < -0.4 is 11.1 Å². The van der Waals surface area contributed by atoms with Crippen molar-refractivity contribution in [3.8, 4) is 0 Å². The van der Waals surface area contributed by atoms with Gasteiger partial charge in [-0.1, -0.05) is 74.2 Å². The maximum absolute atomic E-state index is 14.0. The summed E-state index contributed by atoms with van der Waals surface area (Å²) in [4.78, 5) is 29.6. The Morgan fingerprint density at radius 1 is 1.12 bits per heavy atom. The highest BCUT2D eigenvalue weighted by Crippen LogP contribution is 2.47. The van der Waals surface area contributed by atoms with E-state index in [9.17, 15) is 9.59 Å². The van der Waals surface area contributed by atoms with Crippen LogP contribution in [0.3, 0.4) is 0 Å². The minimum atomic E-state index is -0.603. The molecule has 0 bridgehead atoms. The van der Waals surface area contributed by atoms with Crippen LogP contribution in [0.2, 0.25) is 10.0 Å². The molecule has 2 aliphatic rings. The third-order valence-corrected chi connectivity index (χ3v) is 7.66. The third-order valence-electron chi connectivity index (χ3n) is 7.10. The van der Waals surface area contributed by atoms with E-state index in [1.165, 1.54) is 0 Å². The topological polar surface area (TPSA) is 75.4 Å². The van der Waals surface area contributed by atoms with Crippen molar-refractivity contribution in [3.63, 3.8) is 0 Å². The zero-order chi connectivity index (χ0) is 24.4. The monoisotopic (exact) mass is 501 g/mol. The number of rotatable bonds is 6. The molecule has 0 radical (unpaired) electrons. The molecule has 5 nitrogen and oxygen atoms in total. The van der Waals surface area contributed by atoms with Gasteiger partial charge < -0.3 is 16.0 Å². The minimum absolute atomic E-state index is 0.0970. The molecule has 182 valence electrons. The Hall–Kier alpha value is -2.08. The summed E-state index contributed by atoms with van der Waals surface area (Å²) in [5, 5.41) is 4.08. The van der Waals surface area contributed by atoms with Crippen molar-refractivity contribution in [2.45, 2.75) is 70.0 Å². The van der Waals surface area contributed by atoms with E-state index in [4.69, 9.17) is 28.9 Å². The van der Waals surface area contributed by atoms with Gasteiger partial charge in [-0.25, -0.2) is 0 Å². The highest BCUT2D eigenvalue weighted by Gasteiger charge is 2.48. The Balaban J connectivity index is 1.86. The zero-order valence-corrected chi connectivity index (χ0v) is 21.3. The van der Waals surface area contributed by atoms with Crippen LogP contribution in [0.4, 0.5) is 0 Å². The number of hydrogen-bond donors (Lipinski definition) is 2. The second-order valence-electron chi connectivity index (χ2n) is 9.88. The summed E-state index contributed by atoms with van der Waals surface area (Å²) in [6.07, 6.45) is 4.57. The largest absolute Gasteiger partial charge is 0.355 e. The zero-order valence-electron chi connectivity index (χ0n) is 19.8. The molecule has 0 saturated heterocycles. The Bertz CT molecular complexity index is 1060. The Morgan fingerprint density at radius 3 is 2.56 bits per heavy atom. The summed E-state index contributed by atoms with van der Waals surface area (Å²) in [5.74, 6) is -0.334. The summed E-state index contributed by atoms with van der Waals surface area (Å²) in [5.41, 5.74) is 8.59. The first-order chi connectivity index (χ1) is 16.3. The summed E-state index contributed by atoms with van der Waals surface area (Å²) in [6, 6.07) is 11.8. The average Bonchev–Trinajstić information content (AvgIpc) is 2.79. The van der Waals surface area contributed by atoms with Gasteiger partial charge >= 0.3 is 0 Å². The molecule has 7 heteroatoms. The Kier molecular flexibility index (Phi) is 7.86. The van der Waals surface area contributed by atoms with Gasteiger partial charge in [-0.05, 0) is 54.5 Å². The first-order valence-corrected chi connectivity index (χ1v) is 12.9.